The minimum absolute atomic E-state index is 0.429. The van der Waals surface area contributed by atoms with E-state index in [1.54, 1.807) is 0 Å². The maximum Gasteiger partial charge on any atom is 0.158 e. The molecule has 0 spiro atoms. The zero-order valence-electron chi connectivity index (χ0n) is 7.68. The van der Waals surface area contributed by atoms with E-state index in [1.807, 2.05) is 0 Å². The van der Waals surface area contributed by atoms with Crippen LogP contribution in [0.4, 0.5) is 0 Å². The van der Waals surface area contributed by atoms with Crippen molar-refractivity contribution in [3.63, 3.8) is 0 Å². The molecule has 0 heterocycles. The Balaban J connectivity index is 2.25. The minimum Gasteiger partial charge on any atom is -0.295 e. The lowest BCUT2D eigenvalue weighted by Crippen LogP contribution is -2.27. The van der Waals surface area contributed by atoms with Crippen LogP contribution in [0.15, 0.2) is 11.6 Å². The lowest BCUT2D eigenvalue weighted by atomic mass is 9.71. The summed E-state index contributed by atoms with van der Waals surface area (Å²) in [6, 6.07) is 0. The predicted octanol–water partition coefficient (Wildman–Crippen LogP) is 2.71. The van der Waals surface area contributed by atoms with Gasteiger partial charge in [0.1, 0.15) is 0 Å². The lowest BCUT2D eigenvalue weighted by molar-refractivity contribution is -0.118. The number of fused-ring (bicyclic) bond motifs is 1. The molecule has 0 aliphatic heterocycles. The van der Waals surface area contributed by atoms with Gasteiger partial charge in [0.2, 0.25) is 0 Å². The van der Waals surface area contributed by atoms with Crippen LogP contribution in [0.2, 0.25) is 0 Å². The Morgan fingerprint density at radius 3 is 3.00 bits per heavy atom. The Hall–Kier alpha value is -0.590. The van der Waals surface area contributed by atoms with Gasteiger partial charge in [0, 0.05) is 6.42 Å². The van der Waals surface area contributed by atoms with Gasteiger partial charge in [0.25, 0.3) is 0 Å². The summed E-state index contributed by atoms with van der Waals surface area (Å²) in [7, 11) is 0. The van der Waals surface area contributed by atoms with E-state index in [9.17, 15) is 4.79 Å². The van der Waals surface area contributed by atoms with E-state index >= 15 is 0 Å². The maximum atomic E-state index is 11.5. The fourth-order valence-corrected chi connectivity index (χ4v) is 2.52. The van der Waals surface area contributed by atoms with Crippen molar-refractivity contribution in [2.45, 2.75) is 39.0 Å². The molecule has 2 aliphatic rings. The Kier molecular flexibility index (Phi) is 2.03. The second-order valence-corrected chi connectivity index (χ2v) is 4.14. The molecule has 0 bridgehead atoms. The largest absolute Gasteiger partial charge is 0.295 e. The molecule has 1 fully saturated rings. The minimum atomic E-state index is 0.429. The molecule has 1 saturated carbocycles. The van der Waals surface area contributed by atoms with Crippen molar-refractivity contribution in [3.8, 4) is 0 Å². The highest BCUT2D eigenvalue weighted by molar-refractivity contribution is 5.96. The standard InChI is InChI=1S/C11H16O/c1-8-6-7-11(12)10-5-3-2-4-9(8)10/h5,8-9H,2-4,6-7H2,1H3/t8-,9+/m0/s1. The van der Waals surface area contributed by atoms with Crippen molar-refractivity contribution >= 4 is 5.78 Å². The van der Waals surface area contributed by atoms with Gasteiger partial charge in [-0.2, -0.15) is 0 Å². The van der Waals surface area contributed by atoms with Gasteiger partial charge in [-0.3, -0.25) is 4.79 Å². The van der Waals surface area contributed by atoms with Gasteiger partial charge in [-0.15, -0.1) is 0 Å². The molecule has 0 amide bonds. The topological polar surface area (TPSA) is 17.1 Å². The van der Waals surface area contributed by atoms with Crippen LogP contribution in [0.1, 0.15) is 39.0 Å². The van der Waals surface area contributed by atoms with Gasteiger partial charge < -0.3 is 0 Å². The molecular formula is C11H16O. The maximum absolute atomic E-state index is 11.5. The fourth-order valence-electron chi connectivity index (χ4n) is 2.52. The molecule has 0 aromatic rings. The molecule has 1 heteroatoms. The van der Waals surface area contributed by atoms with Gasteiger partial charge in [0.15, 0.2) is 5.78 Å². The van der Waals surface area contributed by atoms with E-state index in [2.05, 4.69) is 13.0 Å². The molecule has 0 radical (unpaired) electrons. The molecular weight excluding hydrogens is 148 g/mol. The van der Waals surface area contributed by atoms with Crippen LogP contribution in [0.3, 0.4) is 0 Å². The Bertz CT molecular complexity index is 227. The Labute approximate surface area is 73.8 Å². The van der Waals surface area contributed by atoms with Crippen LogP contribution in [0, 0.1) is 11.8 Å². The van der Waals surface area contributed by atoms with E-state index in [0.29, 0.717) is 11.7 Å². The zero-order valence-corrected chi connectivity index (χ0v) is 7.68. The van der Waals surface area contributed by atoms with Crippen LogP contribution >= 0.6 is 0 Å². The second kappa shape index (κ2) is 3.04. The number of allylic oxidation sites excluding steroid dienone is 2. The monoisotopic (exact) mass is 164 g/mol. The molecule has 0 unspecified atom stereocenters. The van der Waals surface area contributed by atoms with Gasteiger partial charge in [-0.25, -0.2) is 0 Å². The normalized spacial score (nSPS) is 35.8. The summed E-state index contributed by atoms with van der Waals surface area (Å²) in [5.41, 5.74) is 1.17. The van der Waals surface area contributed by atoms with E-state index < -0.39 is 0 Å². The second-order valence-electron chi connectivity index (χ2n) is 4.14. The first kappa shape index (κ1) is 8.03. The quantitative estimate of drug-likeness (QED) is 0.538. The molecule has 0 saturated heterocycles. The van der Waals surface area contributed by atoms with Gasteiger partial charge in [0.05, 0.1) is 0 Å². The Morgan fingerprint density at radius 1 is 1.42 bits per heavy atom. The van der Waals surface area contributed by atoms with Crippen molar-refractivity contribution in [2.75, 3.05) is 0 Å². The highest BCUT2D eigenvalue weighted by atomic mass is 16.1. The smallest absolute Gasteiger partial charge is 0.158 e. The van der Waals surface area contributed by atoms with E-state index in [0.717, 1.165) is 25.2 Å². The summed E-state index contributed by atoms with van der Waals surface area (Å²) < 4.78 is 0. The zero-order chi connectivity index (χ0) is 8.55. The van der Waals surface area contributed by atoms with Crippen LogP contribution in [-0.2, 0) is 4.79 Å². The van der Waals surface area contributed by atoms with Crippen molar-refractivity contribution in [2.24, 2.45) is 11.8 Å². The van der Waals surface area contributed by atoms with Gasteiger partial charge in [-0.1, -0.05) is 13.0 Å². The van der Waals surface area contributed by atoms with Gasteiger partial charge >= 0.3 is 0 Å². The third-order valence-electron chi connectivity index (χ3n) is 3.32. The average Bonchev–Trinajstić information content (AvgIpc) is 2.12. The SMILES string of the molecule is C[C@H]1CCC(=O)C2=CCCC[C@@H]21. The molecule has 0 aromatic carbocycles. The molecule has 0 N–H and O–H groups in total. The Morgan fingerprint density at radius 2 is 2.25 bits per heavy atom. The first-order chi connectivity index (χ1) is 5.79. The highest BCUT2D eigenvalue weighted by Crippen LogP contribution is 2.38. The fraction of sp³-hybridized carbons (Fsp3) is 0.727. The van der Waals surface area contributed by atoms with E-state index in [1.165, 1.54) is 18.4 Å². The summed E-state index contributed by atoms with van der Waals surface area (Å²) in [4.78, 5) is 11.5. The summed E-state index contributed by atoms with van der Waals surface area (Å²) in [5.74, 6) is 1.78. The van der Waals surface area contributed by atoms with Crippen molar-refractivity contribution in [1.29, 1.82) is 0 Å². The molecule has 12 heavy (non-hydrogen) atoms. The molecule has 2 aliphatic carbocycles. The average molecular weight is 164 g/mol. The number of hydrogen-bond donors (Lipinski definition) is 0. The van der Waals surface area contributed by atoms with Crippen molar-refractivity contribution in [3.05, 3.63) is 11.6 Å². The number of rotatable bonds is 0. The first-order valence-corrected chi connectivity index (χ1v) is 5.02. The van der Waals surface area contributed by atoms with E-state index in [-0.39, 0.29) is 0 Å². The third kappa shape index (κ3) is 1.21. The van der Waals surface area contributed by atoms with Crippen LogP contribution < -0.4 is 0 Å². The molecule has 1 nitrogen and oxygen atoms in total. The summed E-state index contributed by atoms with van der Waals surface area (Å²) in [5, 5.41) is 0. The molecule has 2 atom stereocenters. The van der Waals surface area contributed by atoms with Crippen LogP contribution in [0.25, 0.3) is 0 Å². The highest BCUT2D eigenvalue weighted by Gasteiger charge is 2.31. The summed E-state index contributed by atoms with van der Waals surface area (Å²) in [6.07, 6.45) is 7.76. The van der Waals surface area contributed by atoms with E-state index in [4.69, 9.17) is 0 Å². The number of carbonyl (C=O) groups excluding carboxylic acids is 1. The third-order valence-corrected chi connectivity index (χ3v) is 3.32. The van der Waals surface area contributed by atoms with Crippen molar-refractivity contribution < 1.29 is 4.79 Å². The first-order valence-electron chi connectivity index (χ1n) is 5.02. The summed E-state index contributed by atoms with van der Waals surface area (Å²) in [6.45, 7) is 2.29. The number of ketones is 1. The lowest BCUT2D eigenvalue weighted by Gasteiger charge is -2.33. The van der Waals surface area contributed by atoms with Crippen LogP contribution in [-0.4, -0.2) is 5.78 Å². The van der Waals surface area contributed by atoms with Crippen LogP contribution in [0.5, 0.6) is 0 Å². The van der Waals surface area contributed by atoms with Crippen molar-refractivity contribution in [1.82, 2.24) is 0 Å². The van der Waals surface area contributed by atoms with Gasteiger partial charge in [-0.05, 0) is 43.1 Å². The number of hydrogen-bond acceptors (Lipinski definition) is 1. The molecule has 0 aromatic heterocycles. The predicted molar refractivity (Wildman–Crippen MR) is 48.8 cm³/mol. The number of Topliss-reactive ketones (excluding diaryl/α,β-unsaturated/α-hetero) is 1. The number of carbonyl (C=O) groups is 1. The molecule has 66 valence electrons. The molecule has 2 rings (SSSR count). The summed E-state index contributed by atoms with van der Waals surface area (Å²) >= 11 is 0.